The highest BCUT2D eigenvalue weighted by Crippen LogP contribution is 2.39. The van der Waals surface area contributed by atoms with Crippen LogP contribution in [0.1, 0.15) is 65.3 Å². The van der Waals surface area contributed by atoms with Gasteiger partial charge in [-0.1, -0.05) is 30.8 Å². The lowest BCUT2D eigenvalue weighted by Crippen LogP contribution is -2.54. The minimum Gasteiger partial charge on any atom is -0.483 e. The van der Waals surface area contributed by atoms with Gasteiger partial charge in [0.1, 0.15) is 35.4 Å². The number of imide groups is 2. The quantitative estimate of drug-likeness (QED) is 0.0302. The van der Waals surface area contributed by atoms with Gasteiger partial charge in [0.2, 0.25) is 23.6 Å². The van der Waals surface area contributed by atoms with E-state index in [2.05, 4.69) is 42.7 Å². The van der Waals surface area contributed by atoms with E-state index < -0.39 is 48.1 Å². The zero-order valence-electron chi connectivity index (χ0n) is 41.3. The largest absolute Gasteiger partial charge is 0.483 e. The van der Waals surface area contributed by atoms with Gasteiger partial charge in [0.25, 0.3) is 17.7 Å². The number of aromatic nitrogens is 4. The van der Waals surface area contributed by atoms with Gasteiger partial charge in [0.15, 0.2) is 18.0 Å². The van der Waals surface area contributed by atoms with Gasteiger partial charge in [-0.3, -0.25) is 48.7 Å². The summed E-state index contributed by atoms with van der Waals surface area (Å²) in [4.78, 5) is 99.7. The molecule has 2 saturated heterocycles. The van der Waals surface area contributed by atoms with Crippen LogP contribution in [0.3, 0.4) is 0 Å². The minimum atomic E-state index is -1.11. The molecule has 6 N–H and O–H groups in total. The number of likely N-dealkylation sites (tertiary alicyclic amines) is 1. The number of carbonyl (C=O) groups excluding carboxylic acids is 7. The average Bonchev–Trinajstić information content (AvgIpc) is 3.93. The Labute approximate surface area is 431 Å². The number of nitrogens with one attached hydrogen (secondary N) is 4. The highest BCUT2D eigenvalue weighted by Gasteiger charge is 2.46. The number of piperidine rings is 2. The van der Waals surface area contributed by atoms with Crippen LogP contribution >= 0.6 is 0 Å². The summed E-state index contributed by atoms with van der Waals surface area (Å²) < 4.78 is 30.4. The Morgan fingerprint density at radius 3 is 2.21 bits per heavy atom. The van der Waals surface area contributed by atoms with Crippen molar-refractivity contribution in [2.45, 2.75) is 50.6 Å². The van der Waals surface area contributed by atoms with Crippen LogP contribution < -0.4 is 36.5 Å². The highest BCUT2D eigenvalue weighted by molar-refractivity contribution is 6.24. The van der Waals surface area contributed by atoms with E-state index in [9.17, 15) is 33.6 Å². The number of nitrogen functional groups attached to an aromatic ring is 1. The molecule has 0 saturated carbocycles. The van der Waals surface area contributed by atoms with Crippen LogP contribution in [0.2, 0.25) is 0 Å². The summed E-state index contributed by atoms with van der Waals surface area (Å²) in [5.41, 5.74) is 8.73. The van der Waals surface area contributed by atoms with Crippen LogP contribution in [0.25, 0.3) is 22.3 Å². The Balaban J connectivity index is 0.658. The minimum absolute atomic E-state index is 0.00246. The van der Waals surface area contributed by atoms with Crippen molar-refractivity contribution in [1.29, 1.82) is 0 Å². The van der Waals surface area contributed by atoms with Gasteiger partial charge >= 0.3 is 0 Å². The first-order valence-corrected chi connectivity index (χ1v) is 24.7. The van der Waals surface area contributed by atoms with Crippen LogP contribution in [0.15, 0.2) is 85.7 Å². The number of hydrogen-bond acceptors (Lipinski definition) is 17. The standard InChI is InChI=1S/C52H59N11O12/c1-2-41(64)58-37-29-33(13-15-39(37)75-35-9-4-3-5-10-35)47-46-48(53)56-32-57-49(46)63(60-47)34-17-21-61(22-18-34)30-43(66)54-19-7-23-71-25-27-73-28-26-72-24-8-20-55-44(67)31-74-40-12-6-11-36-45(40)52(70)62(51(36)69)38-14-16-42(65)59-50(38)68/h2-6,9-13,15,29,32,34,38H,1,7-8,14,16-28,30-31H2,(H,54,66)(H,55,67)(H,58,64)(H2,53,56,57)(H,59,65,68). The molecule has 0 aliphatic carbocycles. The molecule has 394 valence electrons. The van der Waals surface area contributed by atoms with Gasteiger partial charge < -0.3 is 45.4 Å². The molecule has 8 rings (SSSR count). The van der Waals surface area contributed by atoms with Crippen LogP contribution in [0, 0.1) is 0 Å². The third-order valence-corrected chi connectivity index (χ3v) is 12.6. The van der Waals surface area contributed by atoms with Crippen molar-refractivity contribution in [3.63, 3.8) is 0 Å². The molecule has 0 radical (unpaired) electrons. The Bertz CT molecular complexity index is 2910. The Morgan fingerprint density at radius 1 is 0.800 bits per heavy atom. The topological polar surface area (TPSA) is 290 Å². The van der Waals surface area contributed by atoms with Crippen molar-refractivity contribution in [3.05, 3.63) is 96.8 Å². The molecule has 23 heteroatoms. The number of fused-ring (bicyclic) bond motifs is 2. The van der Waals surface area contributed by atoms with E-state index in [0.717, 1.165) is 17.7 Å². The average molecular weight is 1030 g/mol. The number of carbonyl (C=O) groups is 7. The Kier molecular flexibility index (Phi) is 18.2. The van der Waals surface area contributed by atoms with Crippen LogP contribution in [-0.2, 0) is 38.2 Å². The van der Waals surface area contributed by atoms with Crippen molar-refractivity contribution in [1.82, 2.24) is 45.5 Å². The van der Waals surface area contributed by atoms with E-state index in [1.165, 1.54) is 30.6 Å². The number of anilines is 2. The fourth-order valence-corrected chi connectivity index (χ4v) is 8.84. The van der Waals surface area contributed by atoms with Gasteiger partial charge in [-0.25, -0.2) is 14.6 Å². The number of ether oxygens (including phenoxy) is 5. The van der Waals surface area contributed by atoms with E-state index in [1.54, 1.807) is 12.1 Å². The lowest BCUT2D eigenvalue weighted by atomic mass is 10.0. The molecule has 5 aromatic rings. The maximum absolute atomic E-state index is 13.2. The molecule has 75 heavy (non-hydrogen) atoms. The number of nitrogens with two attached hydrogens (primary N) is 1. The third kappa shape index (κ3) is 13.5. The molecule has 0 bridgehead atoms. The number of amides is 7. The molecule has 1 unspecified atom stereocenters. The maximum atomic E-state index is 13.2. The molecule has 3 aliphatic rings. The van der Waals surface area contributed by atoms with Gasteiger partial charge in [-0.2, -0.15) is 5.10 Å². The second-order valence-electron chi connectivity index (χ2n) is 17.7. The number of benzene rings is 3. The van der Waals surface area contributed by atoms with E-state index in [0.29, 0.717) is 118 Å². The molecule has 0 spiro atoms. The summed E-state index contributed by atoms with van der Waals surface area (Å²) in [5.74, 6) is -2.10. The van der Waals surface area contributed by atoms with Gasteiger partial charge in [0, 0.05) is 51.4 Å². The second-order valence-corrected chi connectivity index (χ2v) is 17.7. The molecule has 2 aromatic heterocycles. The summed E-state index contributed by atoms with van der Waals surface area (Å²) in [6, 6.07) is 17.9. The smallest absolute Gasteiger partial charge is 0.266 e. The number of hydrogen-bond donors (Lipinski definition) is 5. The maximum Gasteiger partial charge on any atom is 0.266 e. The number of rotatable bonds is 26. The van der Waals surface area contributed by atoms with E-state index in [4.69, 9.17) is 34.5 Å². The van der Waals surface area contributed by atoms with Crippen LogP contribution in [-0.4, -0.2) is 156 Å². The SMILES string of the molecule is C=CC(=O)Nc1cc(-c2nn(C3CCN(CC(=O)NCCCOCCOCCOCCCNC(=O)COc4cccc5c4C(=O)N(C4CCC(=O)NC4=O)C5=O)CC3)c3ncnc(N)c23)ccc1Oc1ccccc1. The van der Waals surface area contributed by atoms with E-state index in [-0.39, 0.29) is 54.0 Å². The van der Waals surface area contributed by atoms with Crippen molar-refractivity contribution >= 4 is 63.9 Å². The second kappa shape index (κ2) is 25.7. The normalized spacial score (nSPS) is 15.9. The van der Waals surface area contributed by atoms with Crippen LogP contribution in [0.4, 0.5) is 11.5 Å². The molecule has 5 heterocycles. The lowest BCUT2D eigenvalue weighted by molar-refractivity contribution is -0.136. The zero-order chi connectivity index (χ0) is 52.7. The Morgan fingerprint density at radius 2 is 1.51 bits per heavy atom. The van der Waals surface area contributed by atoms with Crippen molar-refractivity contribution in [2.75, 3.05) is 90.0 Å². The molecule has 3 aromatic carbocycles. The first-order chi connectivity index (χ1) is 36.5. The molecule has 1 atom stereocenters. The highest BCUT2D eigenvalue weighted by atomic mass is 16.5. The fraction of sp³-hybridized carbons (Fsp3) is 0.385. The Hall–Kier alpha value is -8.12. The fourth-order valence-electron chi connectivity index (χ4n) is 8.84. The molecule has 2 fully saturated rings. The lowest BCUT2D eigenvalue weighted by Gasteiger charge is -2.31. The van der Waals surface area contributed by atoms with Gasteiger partial charge in [0.05, 0.1) is 61.2 Å². The van der Waals surface area contributed by atoms with E-state index in [1.807, 2.05) is 41.1 Å². The summed E-state index contributed by atoms with van der Waals surface area (Å²) in [7, 11) is 0. The van der Waals surface area contributed by atoms with Crippen molar-refractivity contribution < 1.29 is 57.2 Å². The van der Waals surface area contributed by atoms with Gasteiger partial charge in [-0.05, 0) is 80.6 Å². The first-order valence-electron chi connectivity index (χ1n) is 24.7. The van der Waals surface area contributed by atoms with Crippen molar-refractivity contribution in [2.24, 2.45) is 0 Å². The predicted octanol–water partition coefficient (Wildman–Crippen LogP) is 3.17. The summed E-state index contributed by atoms with van der Waals surface area (Å²) in [5, 5.41) is 16.3. The summed E-state index contributed by atoms with van der Waals surface area (Å²) in [6.07, 6.45) is 5.26. The molecule has 23 nitrogen and oxygen atoms in total. The monoisotopic (exact) mass is 1030 g/mol. The number of para-hydroxylation sites is 1. The number of nitrogens with zero attached hydrogens (tertiary/aromatic N) is 6. The van der Waals surface area contributed by atoms with E-state index >= 15 is 0 Å². The summed E-state index contributed by atoms with van der Waals surface area (Å²) in [6.45, 7) is 7.92. The third-order valence-electron chi connectivity index (χ3n) is 12.6. The predicted molar refractivity (Wildman–Crippen MR) is 272 cm³/mol. The molecule has 3 aliphatic heterocycles. The molecular weight excluding hydrogens is 971 g/mol. The van der Waals surface area contributed by atoms with Crippen molar-refractivity contribution in [3.8, 4) is 28.5 Å². The zero-order valence-corrected chi connectivity index (χ0v) is 41.3. The van der Waals surface area contributed by atoms with Crippen LogP contribution in [0.5, 0.6) is 17.2 Å². The van der Waals surface area contributed by atoms with Gasteiger partial charge in [-0.15, -0.1) is 0 Å². The summed E-state index contributed by atoms with van der Waals surface area (Å²) >= 11 is 0. The first kappa shape index (κ1) is 53.2. The molecule has 7 amide bonds. The molecular formula is C52H59N11O12.